The van der Waals surface area contributed by atoms with Crippen LogP contribution in [0.25, 0.3) is 11.0 Å². The van der Waals surface area contributed by atoms with Crippen LogP contribution in [0.5, 0.6) is 0 Å². The highest BCUT2D eigenvalue weighted by Crippen LogP contribution is 2.37. The van der Waals surface area contributed by atoms with Gasteiger partial charge in [-0.05, 0) is 59.2 Å². The zero-order chi connectivity index (χ0) is 15.1. The van der Waals surface area contributed by atoms with E-state index in [4.69, 9.17) is 0 Å². The molecule has 7 heteroatoms. The monoisotopic (exact) mass is 429 g/mol. The Bertz CT molecular complexity index is 845. The fourth-order valence-corrected chi connectivity index (χ4v) is 4.64. The molecule has 1 aromatic carbocycles. The Morgan fingerprint density at radius 1 is 1.19 bits per heavy atom. The van der Waals surface area contributed by atoms with E-state index in [0.29, 0.717) is 0 Å². The van der Waals surface area contributed by atoms with Gasteiger partial charge in [-0.1, -0.05) is 15.9 Å². The third-order valence-corrected chi connectivity index (χ3v) is 6.28. The number of aryl methyl sites for hydroxylation is 1. The number of rotatable bonds is 3. The molecular weight excluding hydrogens is 418 g/mol. The zero-order valence-corrected chi connectivity index (χ0v) is 15.4. The molecule has 0 fully saturated rings. The van der Waals surface area contributed by atoms with Gasteiger partial charge in [0.15, 0.2) is 0 Å². The van der Waals surface area contributed by atoms with Crippen LogP contribution < -0.4 is 11.0 Å². The van der Waals surface area contributed by atoms with Crippen molar-refractivity contribution in [2.75, 3.05) is 7.05 Å². The molecule has 0 spiro atoms. The Morgan fingerprint density at radius 2 is 1.86 bits per heavy atom. The number of hydrogen-bond acceptors (Lipinski definition) is 3. The summed E-state index contributed by atoms with van der Waals surface area (Å²) < 4.78 is 2.11. The predicted molar refractivity (Wildman–Crippen MR) is 94.3 cm³/mol. The molecule has 0 aliphatic carbocycles. The van der Waals surface area contributed by atoms with Crippen LogP contribution in [-0.2, 0) is 0 Å². The summed E-state index contributed by atoms with van der Waals surface area (Å²) in [6, 6.07) is 6.17. The first-order valence-corrected chi connectivity index (χ1v) is 8.74. The van der Waals surface area contributed by atoms with Crippen LogP contribution >= 0.6 is 43.2 Å². The molecule has 1 unspecified atom stereocenters. The van der Waals surface area contributed by atoms with Gasteiger partial charge in [0, 0.05) is 9.35 Å². The molecule has 4 nitrogen and oxygen atoms in total. The topological polar surface area (TPSA) is 60.7 Å². The van der Waals surface area contributed by atoms with Gasteiger partial charge in [-0.15, -0.1) is 11.3 Å². The summed E-state index contributed by atoms with van der Waals surface area (Å²) in [6.07, 6.45) is 0. The minimum absolute atomic E-state index is 0.0668. The van der Waals surface area contributed by atoms with Crippen molar-refractivity contribution >= 4 is 54.2 Å². The summed E-state index contributed by atoms with van der Waals surface area (Å²) >= 11 is 8.90. The number of aromatic nitrogens is 2. The van der Waals surface area contributed by atoms with E-state index in [9.17, 15) is 4.79 Å². The molecule has 0 amide bonds. The van der Waals surface area contributed by atoms with Crippen molar-refractivity contribution in [2.24, 2.45) is 0 Å². The van der Waals surface area contributed by atoms with E-state index in [-0.39, 0.29) is 11.7 Å². The molecule has 3 rings (SSSR count). The second-order valence-electron chi connectivity index (χ2n) is 4.83. The van der Waals surface area contributed by atoms with E-state index >= 15 is 0 Å². The van der Waals surface area contributed by atoms with Crippen molar-refractivity contribution in [1.82, 2.24) is 15.3 Å². The van der Waals surface area contributed by atoms with Crippen LogP contribution in [0, 0.1) is 6.92 Å². The number of thiophene rings is 1. The van der Waals surface area contributed by atoms with Crippen LogP contribution in [-0.4, -0.2) is 17.0 Å². The van der Waals surface area contributed by atoms with Crippen LogP contribution in [0.2, 0.25) is 0 Å². The number of imidazole rings is 1. The molecule has 3 N–H and O–H groups in total. The van der Waals surface area contributed by atoms with Gasteiger partial charge in [0.2, 0.25) is 0 Å². The Hall–Kier alpha value is -0.890. The molecule has 0 saturated carbocycles. The average Bonchev–Trinajstić information content (AvgIpc) is 2.93. The molecule has 3 aromatic rings. The summed E-state index contributed by atoms with van der Waals surface area (Å²) in [5.74, 6) is 0. The van der Waals surface area contributed by atoms with Gasteiger partial charge in [-0.3, -0.25) is 0 Å². The Labute approximate surface area is 142 Å². The SMILES string of the molecule is CNC(c1cc(C)c(Br)s1)c1cc2[nH]c(=O)[nH]c2cc1Br. The van der Waals surface area contributed by atoms with Gasteiger partial charge in [0.25, 0.3) is 0 Å². The van der Waals surface area contributed by atoms with E-state index in [1.54, 1.807) is 11.3 Å². The fourth-order valence-electron chi connectivity index (χ4n) is 2.37. The normalized spacial score (nSPS) is 13.0. The highest BCUT2D eigenvalue weighted by molar-refractivity contribution is 9.11. The third-order valence-electron chi connectivity index (χ3n) is 3.39. The molecule has 0 aliphatic heterocycles. The fraction of sp³-hybridized carbons (Fsp3) is 0.214. The summed E-state index contributed by atoms with van der Waals surface area (Å²) in [4.78, 5) is 18.2. The molecular formula is C14H13Br2N3OS. The molecule has 2 aromatic heterocycles. The molecule has 0 saturated heterocycles. The van der Waals surface area contributed by atoms with Gasteiger partial charge in [0.05, 0.1) is 20.9 Å². The summed E-state index contributed by atoms with van der Waals surface area (Å²) in [6.45, 7) is 2.08. The number of hydrogen-bond donors (Lipinski definition) is 3. The number of fused-ring (bicyclic) bond motifs is 1. The highest BCUT2D eigenvalue weighted by atomic mass is 79.9. The smallest absolute Gasteiger partial charge is 0.309 e. The predicted octanol–water partition coefficient (Wildman–Crippen LogP) is 4.06. The average molecular weight is 431 g/mol. The minimum atomic E-state index is -0.190. The van der Waals surface area contributed by atoms with E-state index in [0.717, 1.165) is 24.9 Å². The molecule has 2 heterocycles. The Kier molecular flexibility index (Phi) is 4.09. The lowest BCUT2D eigenvalue weighted by atomic mass is 10.0. The highest BCUT2D eigenvalue weighted by Gasteiger charge is 2.19. The van der Waals surface area contributed by atoms with Crippen LogP contribution in [0.1, 0.15) is 22.0 Å². The zero-order valence-electron chi connectivity index (χ0n) is 11.4. The number of H-pyrrole nitrogens is 2. The van der Waals surface area contributed by atoms with Crippen molar-refractivity contribution in [2.45, 2.75) is 13.0 Å². The third kappa shape index (κ3) is 2.75. The van der Waals surface area contributed by atoms with Crippen LogP contribution in [0.15, 0.2) is 31.3 Å². The summed E-state index contributed by atoms with van der Waals surface area (Å²) in [5, 5.41) is 3.34. The minimum Gasteiger partial charge on any atom is -0.309 e. The van der Waals surface area contributed by atoms with Crippen molar-refractivity contribution in [3.8, 4) is 0 Å². The number of aromatic amines is 2. The lowest BCUT2D eigenvalue weighted by Crippen LogP contribution is -2.17. The molecule has 1 atom stereocenters. The first-order valence-electron chi connectivity index (χ1n) is 6.34. The molecule has 0 bridgehead atoms. The number of halogens is 2. The van der Waals surface area contributed by atoms with E-state index in [1.807, 2.05) is 19.2 Å². The van der Waals surface area contributed by atoms with Gasteiger partial charge in [0.1, 0.15) is 0 Å². The van der Waals surface area contributed by atoms with E-state index in [1.165, 1.54) is 10.4 Å². The second-order valence-corrected chi connectivity index (χ2v) is 8.08. The Morgan fingerprint density at radius 3 is 2.43 bits per heavy atom. The summed E-state index contributed by atoms with van der Waals surface area (Å²) in [5.41, 5.74) is 3.74. The van der Waals surface area contributed by atoms with Crippen LogP contribution in [0.3, 0.4) is 0 Å². The number of benzene rings is 1. The maximum atomic E-state index is 11.4. The van der Waals surface area contributed by atoms with Gasteiger partial charge >= 0.3 is 5.69 Å². The maximum Gasteiger partial charge on any atom is 0.323 e. The molecule has 0 radical (unpaired) electrons. The van der Waals surface area contributed by atoms with Gasteiger partial charge in [-0.25, -0.2) is 4.79 Å². The first kappa shape index (κ1) is 15.0. The molecule has 21 heavy (non-hydrogen) atoms. The first-order chi connectivity index (χ1) is 9.99. The van der Waals surface area contributed by atoms with Crippen molar-refractivity contribution in [3.05, 3.63) is 52.9 Å². The summed E-state index contributed by atoms with van der Waals surface area (Å²) in [7, 11) is 1.93. The van der Waals surface area contributed by atoms with Crippen molar-refractivity contribution in [3.63, 3.8) is 0 Å². The maximum absolute atomic E-state index is 11.4. The lowest BCUT2D eigenvalue weighted by molar-refractivity contribution is 0.701. The molecule has 0 aliphatic rings. The second kappa shape index (κ2) is 5.72. The van der Waals surface area contributed by atoms with Gasteiger partial charge in [-0.2, -0.15) is 0 Å². The molecule has 110 valence electrons. The van der Waals surface area contributed by atoms with E-state index < -0.39 is 0 Å². The Balaban J connectivity index is 2.15. The van der Waals surface area contributed by atoms with Gasteiger partial charge < -0.3 is 15.3 Å². The van der Waals surface area contributed by atoms with Crippen molar-refractivity contribution in [1.29, 1.82) is 0 Å². The lowest BCUT2D eigenvalue weighted by Gasteiger charge is -2.17. The van der Waals surface area contributed by atoms with Crippen molar-refractivity contribution < 1.29 is 0 Å². The largest absolute Gasteiger partial charge is 0.323 e. The number of nitrogens with one attached hydrogen (secondary N) is 3. The standard InChI is InChI=1S/C14H13Br2N3OS/c1-6-3-11(21-13(6)16)12(17-2)7-4-9-10(5-8(7)15)19-14(20)18-9/h3-5,12,17H,1-2H3,(H2,18,19,20). The van der Waals surface area contributed by atoms with E-state index in [2.05, 4.69) is 60.1 Å². The quantitative estimate of drug-likeness (QED) is 0.586. The van der Waals surface area contributed by atoms with Crippen LogP contribution in [0.4, 0.5) is 0 Å².